The second-order valence-electron chi connectivity index (χ2n) is 7.71. The Bertz CT molecular complexity index is 667. The van der Waals surface area contributed by atoms with Gasteiger partial charge in [-0.05, 0) is 36.7 Å². The van der Waals surface area contributed by atoms with Crippen LogP contribution in [0.1, 0.15) is 61.9 Å². The van der Waals surface area contributed by atoms with Gasteiger partial charge in [0.05, 0.1) is 0 Å². The molecule has 0 aliphatic heterocycles. The first-order chi connectivity index (χ1) is 12.4. The smallest absolute Gasteiger partial charge is 0.128 e. The van der Waals surface area contributed by atoms with Crippen molar-refractivity contribution in [3.63, 3.8) is 0 Å². The molecule has 2 aromatic rings. The molecule has 1 N–H and O–H groups in total. The fraction of sp³-hybridized carbons (Fsp3) is 0.545. The third-order valence-corrected chi connectivity index (χ3v) is 6.14. The molecule has 4 atom stereocenters. The number of hydrogen-bond acceptors (Lipinski definition) is 3. The molecule has 1 aromatic heterocycles. The van der Waals surface area contributed by atoms with Crippen LogP contribution in [0.5, 0.6) is 0 Å². The van der Waals surface area contributed by atoms with Gasteiger partial charge in [-0.1, -0.05) is 50.1 Å². The average Bonchev–Trinajstić information content (AvgIpc) is 2.65. The van der Waals surface area contributed by atoms with E-state index in [4.69, 9.17) is 0 Å². The van der Waals surface area contributed by atoms with E-state index in [1.54, 1.807) is 0 Å². The standard InChI is InChI=1S/C22H29N3/c1-2-8-20-23-13-16(14-24-20)15-25-22-19-12-7-6-11-18(19)21(22)17-9-4-3-5-10-17/h3-5,9-10,13-14,18-19,21-22,25H,2,6-8,11-12,15H2,1H3/t18-,19-,21-,22-/m0/s1. The molecule has 4 rings (SSSR count). The Morgan fingerprint density at radius 1 is 1.00 bits per heavy atom. The van der Waals surface area contributed by atoms with Gasteiger partial charge in [0.25, 0.3) is 0 Å². The molecule has 2 aliphatic carbocycles. The van der Waals surface area contributed by atoms with E-state index in [1.165, 1.54) is 36.8 Å². The first-order valence-electron chi connectivity index (χ1n) is 9.95. The Morgan fingerprint density at radius 2 is 1.72 bits per heavy atom. The summed E-state index contributed by atoms with van der Waals surface area (Å²) in [5, 5.41) is 3.85. The Balaban J connectivity index is 1.44. The van der Waals surface area contributed by atoms with Gasteiger partial charge in [0, 0.05) is 42.9 Å². The molecule has 0 amide bonds. The zero-order chi connectivity index (χ0) is 17.1. The van der Waals surface area contributed by atoms with E-state index in [0.29, 0.717) is 12.0 Å². The lowest BCUT2D eigenvalue weighted by atomic mass is 9.53. The zero-order valence-electron chi connectivity index (χ0n) is 15.2. The van der Waals surface area contributed by atoms with Crippen LogP contribution in [-0.2, 0) is 13.0 Å². The van der Waals surface area contributed by atoms with E-state index < -0.39 is 0 Å². The van der Waals surface area contributed by atoms with Crippen LogP contribution in [0.3, 0.4) is 0 Å². The van der Waals surface area contributed by atoms with Crippen molar-refractivity contribution in [3.8, 4) is 0 Å². The van der Waals surface area contributed by atoms with Crippen LogP contribution < -0.4 is 5.32 Å². The first kappa shape index (κ1) is 16.7. The van der Waals surface area contributed by atoms with Gasteiger partial charge in [0.15, 0.2) is 0 Å². The molecule has 25 heavy (non-hydrogen) atoms. The van der Waals surface area contributed by atoms with E-state index in [9.17, 15) is 0 Å². The van der Waals surface area contributed by atoms with Crippen molar-refractivity contribution in [1.29, 1.82) is 0 Å². The molecule has 3 nitrogen and oxygen atoms in total. The van der Waals surface area contributed by atoms with Crippen molar-refractivity contribution in [1.82, 2.24) is 15.3 Å². The van der Waals surface area contributed by atoms with Crippen LogP contribution in [-0.4, -0.2) is 16.0 Å². The number of rotatable bonds is 6. The predicted molar refractivity (Wildman–Crippen MR) is 101 cm³/mol. The Morgan fingerprint density at radius 3 is 2.44 bits per heavy atom. The molecule has 1 aromatic carbocycles. The summed E-state index contributed by atoms with van der Waals surface area (Å²) in [7, 11) is 0. The normalized spacial score (nSPS) is 28.2. The van der Waals surface area contributed by atoms with Crippen LogP contribution in [0.2, 0.25) is 0 Å². The van der Waals surface area contributed by atoms with Crippen molar-refractivity contribution in [3.05, 3.63) is 59.7 Å². The second kappa shape index (κ2) is 7.65. The van der Waals surface area contributed by atoms with Crippen LogP contribution in [0, 0.1) is 11.8 Å². The van der Waals surface area contributed by atoms with E-state index in [2.05, 4.69) is 52.5 Å². The number of aryl methyl sites for hydroxylation is 1. The van der Waals surface area contributed by atoms with Crippen LogP contribution >= 0.6 is 0 Å². The third kappa shape index (κ3) is 3.48. The number of hydrogen-bond donors (Lipinski definition) is 1. The maximum absolute atomic E-state index is 4.50. The van der Waals surface area contributed by atoms with Crippen molar-refractivity contribution in [2.45, 2.75) is 64.0 Å². The Hall–Kier alpha value is -1.74. The van der Waals surface area contributed by atoms with Gasteiger partial charge in [0.1, 0.15) is 5.82 Å². The van der Waals surface area contributed by atoms with Gasteiger partial charge in [-0.15, -0.1) is 0 Å². The molecule has 0 radical (unpaired) electrons. The van der Waals surface area contributed by atoms with Crippen LogP contribution in [0.4, 0.5) is 0 Å². The molecule has 0 spiro atoms. The first-order valence-corrected chi connectivity index (χ1v) is 9.95. The van der Waals surface area contributed by atoms with E-state index in [0.717, 1.165) is 37.0 Å². The molecule has 132 valence electrons. The number of nitrogens with one attached hydrogen (secondary N) is 1. The monoisotopic (exact) mass is 335 g/mol. The number of benzene rings is 1. The van der Waals surface area contributed by atoms with E-state index in [1.807, 2.05) is 12.4 Å². The molecule has 2 aliphatic rings. The maximum Gasteiger partial charge on any atom is 0.128 e. The molecular weight excluding hydrogens is 306 g/mol. The maximum atomic E-state index is 4.50. The van der Waals surface area contributed by atoms with Crippen molar-refractivity contribution in [2.24, 2.45) is 11.8 Å². The molecule has 3 heteroatoms. The Kier molecular flexibility index (Phi) is 5.12. The third-order valence-electron chi connectivity index (χ3n) is 6.14. The fourth-order valence-electron chi connectivity index (χ4n) is 4.94. The highest BCUT2D eigenvalue weighted by Crippen LogP contribution is 2.54. The predicted octanol–water partition coefficient (Wildman–Crippen LogP) is 4.49. The number of nitrogens with zero attached hydrogens (tertiary/aromatic N) is 2. The SMILES string of the molecule is CCCc1ncc(CN[C@H]2[C@H]3CCCC[C@@H]3[C@@H]2c2ccccc2)cn1. The van der Waals surface area contributed by atoms with Crippen LogP contribution in [0.25, 0.3) is 0 Å². The minimum Gasteiger partial charge on any atom is -0.309 e. The van der Waals surface area contributed by atoms with E-state index in [-0.39, 0.29) is 0 Å². The summed E-state index contributed by atoms with van der Waals surface area (Å²) in [6.07, 6.45) is 11.7. The summed E-state index contributed by atoms with van der Waals surface area (Å²) >= 11 is 0. The second-order valence-corrected chi connectivity index (χ2v) is 7.71. The van der Waals surface area contributed by atoms with Gasteiger partial charge < -0.3 is 5.32 Å². The Labute approximate surface area is 151 Å². The minimum absolute atomic E-state index is 0.600. The largest absolute Gasteiger partial charge is 0.309 e. The molecular formula is C22H29N3. The van der Waals surface area contributed by atoms with Gasteiger partial charge >= 0.3 is 0 Å². The summed E-state index contributed by atoms with van der Waals surface area (Å²) in [6, 6.07) is 11.7. The highest BCUT2D eigenvalue weighted by molar-refractivity contribution is 5.28. The fourth-order valence-corrected chi connectivity index (χ4v) is 4.94. The number of fused-ring (bicyclic) bond motifs is 1. The molecule has 2 fully saturated rings. The zero-order valence-corrected chi connectivity index (χ0v) is 15.2. The van der Waals surface area contributed by atoms with Gasteiger partial charge in [-0.3, -0.25) is 0 Å². The highest BCUT2D eigenvalue weighted by atomic mass is 15.0. The van der Waals surface area contributed by atoms with Gasteiger partial charge in [0.2, 0.25) is 0 Å². The van der Waals surface area contributed by atoms with Gasteiger partial charge in [-0.2, -0.15) is 0 Å². The molecule has 0 saturated heterocycles. The molecule has 0 unspecified atom stereocenters. The van der Waals surface area contributed by atoms with Crippen molar-refractivity contribution < 1.29 is 0 Å². The summed E-state index contributed by atoms with van der Waals surface area (Å²) in [4.78, 5) is 9.00. The molecule has 2 saturated carbocycles. The molecule has 1 heterocycles. The quantitative estimate of drug-likeness (QED) is 0.845. The van der Waals surface area contributed by atoms with Gasteiger partial charge in [-0.25, -0.2) is 9.97 Å². The minimum atomic E-state index is 0.600. The summed E-state index contributed by atoms with van der Waals surface area (Å²) in [5.74, 6) is 3.35. The topological polar surface area (TPSA) is 37.8 Å². The summed E-state index contributed by atoms with van der Waals surface area (Å²) in [6.45, 7) is 3.04. The lowest BCUT2D eigenvalue weighted by molar-refractivity contribution is 0.0254. The highest BCUT2D eigenvalue weighted by Gasteiger charge is 2.50. The average molecular weight is 335 g/mol. The van der Waals surface area contributed by atoms with Crippen molar-refractivity contribution >= 4 is 0 Å². The lowest BCUT2D eigenvalue weighted by Gasteiger charge is -2.55. The lowest BCUT2D eigenvalue weighted by Crippen LogP contribution is -2.57. The molecule has 0 bridgehead atoms. The summed E-state index contributed by atoms with van der Waals surface area (Å²) in [5.41, 5.74) is 2.71. The van der Waals surface area contributed by atoms with E-state index >= 15 is 0 Å². The van der Waals surface area contributed by atoms with Crippen molar-refractivity contribution in [2.75, 3.05) is 0 Å². The van der Waals surface area contributed by atoms with Crippen LogP contribution in [0.15, 0.2) is 42.7 Å². The summed E-state index contributed by atoms with van der Waals surface area (Å²) < 4.78 is 0. The number of aromatic nitrogens is 2.